The van der Waals surface area contributed by atoms with Crippen molar-refractivity contribution in [3.63, 3.8) is 0 Å². The van der Waals surface area contributed by atoms with Crippen molar-refractivity contribution >= 4 is 38.9 Å². The highest BCUT2D eigenvalue weighted by Crippen LogP contribution is 2.27. The number of hydrogen-bond acceptors (Lipinski definition) is 4. The first-order valence-electron chi connectivity index (χ1n) is 8.65. The fourth-order valence-electron chi connectivity index (χ4n) is 2.63. The molecule has 2 N–H and O–H groups in total. The van der Waals surface area contributed by atoms with Crippen molar-refractivity contribution in [1.29, 1.82) is 0 Å². The number of H-pyrrole nitrogens is 1. The second kappa shape index (κ2) is 8.58. The molecule has 6 nitrogen and oxygen atoms in total. The van der Waals surface area contributed by atoms with E-state index in [0.29, 0.717) is 31.7 Å². The van der Waals surface area contributed by atoms with Gasteiger partial charge in [-0.05, 0) is 64.3 Å². The number of ether oxygens (including phenoxy) is 2. The maximum Gasteiger partial charge on any atom is 0.407 e. The molecule has 1 heterocycles. The molecule has 1 aromatic carbocycles. The summed E-state index contributed by atoms with van der Waals surface area (Å²) in [6.45, 7) is 8.02. The third kappa shape index (κ3) is 5.49. The topological polar surface area (TPSA) is 80.4 Å². The molecule has 1 amide bonds. The van der Waals surface area contributed by atoms with Gasteiger partial charge >= 0.3 is 12.1 Å². The normalized spacial score (nSPS) is 11.4. The van der Waals surface area contributed by atoms with Crippen molar-refractivity contribution in [3.8, 4) is 0 Å². The number of hydrogen-bond donors (Lipinski definition) is 2. The van der Waals surface area contributed by atoms with Crippen LogP contribution >= 0.6 is 15.9 Å². The van der Waals surface area contributed by atoms with Gasteiger partial charge in [0.25, 0.3) is 0 Å². The van der Waals surface area contributed by atoms with Crippen LogP contribution in [0.15, 0.2) is 22.7 Å². The zero-order chi connectivity index (χ0) is 19.3. The molecule has 0 saturated heterocycles. The summed E-state index contributed by atoms with van der Waals surface area (Å²) in [5.74, 6) is -0.366. The van der Waals surface area contributed by atoms with E-state index in [1.54, 1.807) is 6.92 Å². The van der Waals surface area contributed by atoms with Crippen molar-refractivity contribution in [2.75, 3.05) is 13.2 Å². The van der Waals surface area contributed by atoms with Crippen LogP contribution in [0.4, 0.5) is 4.79 Å². The van der Waals surface area contributed by atoms with Gasteiger partial charge in [0.1, 0.15) is 11.3 Å². The Morgan fingerprint density at radius 3 is 2.65 bits per heavy atom. The fraction of sp³-hybridized carbons (Fsp3) is 0.474. The average molecular weight is 425 g/mol. The molecule has 7 heteroatoms. The van der Waals surface area contributed by atoms with Gasteiger partial charge in [0.2, 0.25) is 0 Å². The number of nitrogens with one attached hydrogen (secondary N) is 2. The number of aryl methyl sites for hydroxylation is 1. The molecule has 142 valence electrons. The van der Waals surface area contributed by atoms with Crippen LogP contribution in [0.3, 0.4) is 0 Å². The molecule has 0 aliphatic rings. The molecule has 0 saturated carbocycles. The summed E-state index contributed by atoms with van der Waals surface area (Å²) in [4.78, 5) is 27.1. The monoisotopic (exact) mass is 424 g/mol. The molecule has 0 unspecified atom stereocenters. The summed E-state index contributed by atoms with van der Waals surface area (Å²) in [5, 5.41) is 3.71. The first-order valence-corrected chi connectivity index (χ1v) is 9.44. The number of aromatic nitrogens is 1. The first-order chi connectivity index (χ1) is 12.2. The van der Waals surface area contributed by atoms with Crippen LogP contribution < -0.4 is 5.32 Å². The van der Waals surface area contributed by atoms with E-state index in [0.717, 1.165) is 20.9 Å². The fourth-order valence-corrected chi connectivity index (χ4v) is 2.99. The molecule has 2 aromatic rings. The number of rotatable bonds is 6. The molecule has 0 atom stereocenters. The van der Waals surface area contributed by atoms with Crippen molar-refractivity contribution in [2.45, 2.75) is 46.1 Å². The summed E-state index contributed by atoms with van der Waals surface area (Å²) in [6.07, 6.45) is 0.857. The van der Waals surface area contributed by atoms with Gasteiger partial charge in [0, 0.05) is 21.9 Å². The average Bonchev–Trinajstić information content (AvgIpc) is 2.88. The second-order valence-electron chi connectivity index (χ2n) is 6.92. The summed E-state index contributed by atoms with van der Waals surface area (Å²) in [5.41, 5.74) is 1.72. The Morgan fingerprint density at radius 2 is 2.00 bits per heavy atom. The highest BCUT2D eigenvalue weighted by molar-refractivity contribution is 9.10. The Balaban J connectivity index is 2.09. The van der Waals surface area contributed by atoms with E-state index in [2.05, 4.69) is 26.2 Å². The number of benzene rings is 1. The van der Waals surface area contributed by atoms with Crippen molar-refractivity contribution in [1.82, 2.24) is 10.3 Å². The second-order valence-corrected chi connectivity index (χ2v) is 7.84. The lowest BCUT2D eigenvalue weighted by atomic mass is 10.1. The molecule has 1 aromatic heterocycles. The molecule has 0 fully saturated rings. The van der Waals surface area contributed by atoms with Crippen LogP contribution in [-0.4, -0.2) is 35.8 Å². The van der Waals surface area contributed by atoms with Crippen molar-refractivity contribution in [3.05, 3.63) is 33.9 Å². The van der Waals surface area contributed by atoms with Crippen LogP contribution in [0.2, 0.25) is 0 Å². The number of fused-ring (bicyclic) bond motifs is 1. The third-order valence-corrected chi connectivity index (χ3v) is 4.11. The number of carbonyl (C=O) groups is 2. The summed E-state index contributed by atoms with van der Waals surface area (Å²) in [7, 11) is 0. The Bertz CT molecular complexity index is 793. The smallest absolute Gasteiger partial charge is 0.407 e. The molecule has 2 rings (SSSR count). The van der Waals surface area contributed by atoms with Gasteiger partial charge in [0.15, 0.2) is 0 Å². The predicted molar refractivity (Wildman–Crippen MR) is 105 cm³/mol. The Kier molecular flexibility index (Phi) is 6.69. The maximum atomic E-state index is 12.3. The maximum absolute atomic E-state index is 12.3. The quantitative estimate of drug-likeness (QED) is 0.525. The van der Waals surface area contributed by atoms with Gasteiger partial charge in [-0.15, -0.1) is 0 Å². The summed E-state index contributed by atoms with van der Waals surface area (Å²) < 4.78 is 11.3. The minimum Gasteiger partial charge on any atom is -0.461 e. The number of amides is 1. The van der Waals surface area contributed by atoms with E-state index < -0.39 is 11.7 Å². The zero-order valence-corrected chi connectivity index (χ0v) is 17.2. The highest BCUT2D eigenvalue weighted by atomic mass is 79.9. The van der Waals surface area contributed by atoms with E-state index in [1.165, 1.54) is 0 Å². The van der Waals surface area contributed by atoms with Crippen LogP contribution in [0.1, 0.15) is 50.2 Å². The molecule has 26 heavy (non-hydrogen) atoms. The van der Waals surface area contributed by atoms with E-state index >= 15 is 0 Å². The van der Waals surface area contributed by atoms with Crippen LogP contribution in [-0.2, 0) is 15.9 Å². The van der Waals surface area contributed by atoms with Crippen LogP contribution in [0.5, 0.6) is 0 Å². The van der Waals surface area contributed by atoms with E-state index in [4.69, 9.17) is 9.47 Å². The van der Waals surface area contributed by atoms with Crippen molar-refractivity contribution in [2.24, 2.45) is 0 Å². The molecule has 0 bridgehead atoms. The predicted octanol–water partition coefficient (Wildman–Crippen LogP) is 4.56. The minimum atomic E-state index is -0.524. The van der Waals surface area contributed by atoms with Gasteiger partial charge in [-0.3, -0.25) is 0 Å². The molecule has 0 spiro atoms. The Labute approximate surface area is 161 Å². The van der Waals surface area contributed by atoms with Crippen LogP contribution in [0, 0.1) is 0 Å². The molecular weight excluding hydrogens is 400 g/mol. The van der Waals surface area contributed by atoms with Crippen LogP contribution in [0.25, 0.3) is 10.9 Å². The standard InChI is InChI=1S/C19H25BrN2O4/c1-5-25-17(23)16-13(14-11-12(20)8-9-15(14)22-16)7-6-10-21-18(24)26-19(2,3)4/h8-9,11,22H,5-7,10H2,1-4H3,(H,21,24). The van der Waals surface area contributed by atoms with E-state index in [9.17, 15) is 9.59 Å². The van der Waals surface area contributed by atoms with Gasteiger partial charge < -0.3 is 19.8 Å². The summed E-state index contributed by atoms with van der Waals surface area (Å²) in [6, 6.07) is 5.82. The number of esters is 1. The zero-order valence-electron chi connectivity index (χ0n) is 15.6. The van der Waals surface area contributed by atoms with E-state index in [-0.39, 0.29) is 5.97 Å². The van der Waals surface area contributed by atoms with Gasteiger partial charge in [-0.25, -0.2) is 9.59 Å². The first kappa shape index (κ1) is 20.3. The number of carbonyl (C=O) groups excluding carboxylic acids is 2. The number of halogens is 1. The van der Waals surface area contributed by atoms with Gasteiger partial charge in [-0.1, -0.05) is 15.9 Å². The Hall–Kier alpha value is -2.02. The largest absolute Gasteiger partial charge is 0.461 e. The lowest BCUT2D eigenvalue weighted by molar-refractivity contribution is 0.0509. The Morgan fingerprint density at radius 1 is 1.27 bits per heavy atom. The SMILES string of the molecule is CCOC(=O)c1[nH]c2ccc(Br)cc2c1CCCNC(=O)OC(C)(C)C. The minimum absolute atomic E-state index is 0.317. The molecular formula is C19H25BrN2O4. The van der Waals surface area contributed by atoms with Gasteiger partial charge in [0.05, 0.1) is 6.61 Å². The number of aromatic amines is 1. The molecule has 0 radical (unpaired) electrons. The lowest BCUT2D eigenvalue weighted by Crippen LogP contribution is -2.33. The molecule has 0 aliphatic heterocycles. The third-order valence-electron chi connectivity index (χ3n) is 3.62. The van der Waals surface area contributed by atoms with Crippen molar-refractivity contribution < 1.29 is 19.1 Å². The highest BCUT2D eigenvalue weighted by Gasteiger charge is 2.19. The number of alkyl carbamates (subject to hydrolysis) is 1. The molecule has 0 aliphatic carbocycles. The summed E-state index contributed by atoms with van der Waals surface area (Å²) >= 11 is 3.47. The lowest BCUT2D eigenvalue weighted by Gasteiger charge is -2.19. The van der Waals surface area contributed by atoms with Gasteiger partial charge in [-0.2, -0.15) is 0 Å². The van der Waals surface area contributed by atoms with E-state index in [1.807, 2.05) is 39.0 Å².